The monoisotopic (exact) mass is 525 g/mol. The van der Waals surface area contributed by atoms with E-state index < -0.39 is 18.4 Å². The van der Waals surface area contributed by atoms with Gasteiger partial charge in [-0.25, -0.2) is 18.9 Å². The lowest BCUT2D eigenvalue weighted by molar-refractivity contribution is 0.0462. The van der Waals surface area contributed by atoms with Crippen LogP contribution >= 0.6 is 11.6 Å². The molecule has 0 aliphatic carbocycles. The zero-order valence-corrected chi connectivity index (χ0v) is 21.0. The average molecular weight is 526 g/mol. The van der Waals surface area contributed by atoms with Crippen molar-refractivity contribution in [3.63, 3.8) is 0 Å². The van der Waals surface area contributed by atoms with Crippen LogP contribution in [0.2, 0.25) is 5.02 Å². The number of carbonyl (C=O) groups is 2. The van der Waals surface area contributed by atoms with Crippen LogP contribution in [0.4, 0.5) is 4.39 Å². The van der Waals surface area contributed by atoms with E-state index in [-0.39, 0.29) is 11.6 Å². The van der Waals surface area contributed by atoms with Crippen LogP contribution in [-0.4, -0.2) is 33.1 Å². The number of carbonyl (C=O) groups excluding carboxylic acids is 2. The summed E-state index contributed by atoms with van der Waals surface area (Å²) in [6, 6.07) is 27.8. The molecule has 4 aromatic carbocycles. The first-order chi connectivity index (χ1) is 18.4. The highest BCUT2D eigenvalue weighted by atomic mass is 35.5. The lowest BCUT2D eigenvalue weighted by atomic mass is 10.0. The van der Waals surface area contributed by atoms with E-state index in [1.807, 2.05) is 55.5 Å². The molecule has 0 amide bonds. The molecular weight excluding hydrogens is 505 g/mol. The SMILES string of the molecule is Cc1ccc(Cl)cc1-n1nc(C(=O)OCC(=O)c2ccc(-c3ccccc3)cc2)nc1-c1ccc(F)cc1. The molecule has 0 spiro atoms. The van der Waals surface area contributed by atoms with Gasteiger partial charge in [0.1, 0.15) is 5.82 Å². The van der Waals surface area contributed by atoms with E-state index >= 15 is 0 Å². The molecule has 0 aliphatic heterocycles. The molecule has 5 rings (SSSR count). The van der Waals surface area contributed by atoms with Crippen molar-refractivity contribution in [2.45, 2.75) is 6.92 Å². The second kappa shape index (κ2) is 10.8. The number of hydrogen-bond acceptors (Lipinski definition) is 5. The largest absolute Gasteiger partial charge is 0.451 e. The molecule has 0 radical (unpaired) electrons. The van der Waals surface area contributed by atoms with Crippen LogP contribution < -0.4 is 0 Å². The molecule has 0 saturated carbocycles. The molecule has 1 aromatic heterocycles. The summed E-state index contributed by atoms with van der Waals surface area (Å²) in [5, 5.41) is 4.82. The van der Waals surface area contributed by atoms with Gasteiger partial charge in [-0.1, -0.05) is 72.3 Å². The van der Waals surface area contributed by atoms with Gasteiger partial charge in [0.05, 0.1) is 5.69 Å². The number of halogens is 2. The minimum absolute atomic E-state index is 0.240. The summed E-state index contributed by atoms with van der Waals surface area (Å²) in [6.45, 7) is 1.39. The standard InChI is InChI=1S/C30H21ClFN3O3/c1-19-7-14-24(31)17-26(19)35-29(23-12-15-25(32)16-13-23)33-28(34-35)30(37)38-18-27(36)22-10-8-21(9-11-22)20-5-3-2-4-6-20/h2-17H,18H2,1H3. The van der Waals surface area contributed by atoms with Gasteiger partial charge in [0, 0.05) is 16.1 Å². The highest BCUT2D eigenvalue weighted by molar-refractivity contribution is 6.30. The van der Waals surface area contributed by atoms with Gasteiger partial charge in [-0.3, -0.25) is 4.79 Å². The van der Waals surface area contributed by atoms with Gasteiger partial charge in [0.25, 0.3) is 5.82 Å². The van der Waals surface area contributed by atoms with E-state index in [1.165, 1.54) is 28.9 Å². The second-order valence-corrected chi connectivity index (χ2v) is 8.99. The summed E-state index contributed by atoms with van der Waals surface area (Å²) in [7, 11) is 0. The molecule has 5 aromatic rings. The predicted octanol–water partition coefficient (Wildman–Crippen LogP) is 6.74. The Hall–Kier alpha value is -4.62. The molecular formula is C30H21ClFN3O3. The molecule has 0 unspecified atom stereocenters. The number of esters is 1. The first-order valence-electron chi connectivity index (χ1n) is 11.7. The Morgan fingerprint density at radius 2 is 1.53 bits per heavy atom. The molecule has 1 heterocycles. The van der Waals surface area contributed by atoms with Crippen molar-refractivity contribution in [2.75, 3.05) is 6.61 Å². The number of benzene rings is 4. The van der Waals surface area contributed by atoms with Gasteiger partial charge >= 0.3 is 5.97 Å². The Bertz CT molecular complexity index is 1620. The van der Waals surface area contributed by atoms with E-state index in [0.29, 0.717) is 27.7 Å². The lowest BCUT2D eigenvalue weighted by Gasteiger charge is -2.09. The van der Waals surface area contributed by atoms with Crippen LogP contribution in [0.25, 0.3) is 28.2 Å². The summed E-state index contributed by atoms with van der Waals surface area (Å²) >= 11 is 6.20. The number of ether oxygens (including phenoxy) is 1. The third-order valence-corrected chi connectivity index (χ3v) is 6.17. The third-order valence-electron chi connectivity index (χ3n) is 5.94. The average Bonchev–Trinajstić information content (AvgIpc) is 3.39. The second-order valence-electron chi connectivity index (χ2n) is 8.55. The molecule has 188 valence electrons. The normalized spacial score (nSPS) is 10.8. The van der Waals surface area contributed by atoms with Crippen molar-refractivity contribution in [3.8, 4) is 28.2 Å². The lowest BCUT2D eigenvalue weighted by Crippen LogP contribution is -2.15. The Morgan fingerprint density at radius 3 is 2.24 bits per heavy atom. The predicted molar refractivity (Wildman–Crippen MR) is 143 cm³/mol. The number of rotatable bonds is 7. The van der Waals surface area contributed by atoms with Crippen LogP contribution in [0.3, 0.4) is 0 Å². The van der Waals surface area contributed by atoms with E-state index in [9.17, 15) is 14.0 Å². The number of Topliss-reactive ketones (excluding diaryl/α,β-unsaturated/α-hetero) is 1. The van der Waals surface area contributed by atoms with Crippen molar-refractivity contribution >= 4 is 23.4 Å². The van der Waals surface area contributed by atoms with Gasteiger partial charge < -0.3 is 4.74 Å². The zero-order valence-electron chi connectivity index (χ0n) is 20.3. The topological polar surface area (TPSA) is 74.1 Å². The fourth-order valence-electron chi connectivity index (χ4n) is 3.92. The van der Waals surface area contributed by atoms with Crippen molar-refractivity contribution in [1.82, 2.24) is 14.8 Å². The maximum Gasteiger partial charge on any atom is 0.378 e. The smallest absolute Gasteiger partial charge is 0.378 e. The van der Waals surface area contributed by atoms with E-state index in [0.717, 1.165) is 16.7 Å². The molecule has 0 saturated heterocycles. The summed E-state index contributed by atoms with van der Waals surface area (Å²) in [5.41, 5.74) is 4.38. The first kappa shape index (κ1) is 25.0. The van der Waals surface area contributed by atoms with Crippen LogP contribution in [0.5, 0.6) is 0 Å². The van der Waals surface area contributed by atoms with Crippen LogP contribution in [-0.2, 0) is 4.74 Å². The number of ketones is 1. The number of hydrogen-bond donors (Lipinski definition) is 0. The Balaban J connectivity index is 1.37. The number of aromatic nitrogens is 3. The van der Waals surface area contributed by atoms with Gasteiger partial charge in [-0.2, -0.15) is 0 Å². The fraction of sp³-hybridized carbons (Fsp3) is 0.0667. The van der Waals surface area contributed by atoms with Crippen molar-refractivity contribution in [1.29, 1.82) is 0 Å². The van der Waals surface area contributed by atoms with Crippen LogP contribution in [0.15, 0.2) is 97.1 Å². The number of aryl methyl sites for hydroxylation is 1. The third kappa shape index (κ3) is 5.38. The van der Waals surface area contributed by atoms with E-state index in [1.54, 1.807) is 24.3 Å². The minimum Gasteiger partial charge on any atom is -0.451 e. The summed E-state index contributed by atoms with van der Waals surface area (Å²) in [6.07, 6.45) is 0. The van der Waals surface area contributed by atoms with Crippen molar-refractivity contribution in [3.05, 3.63) is 125 Å². The van der Waals surface area contributed by atoms with Gasteiger partial charge in [-0.15, -0.1) is 5.10 Å². The molecule has 0 atom stereocenters. The van der Waals surface area contributed by atoms with Crippen molar-refractivity contribution in [2.24, 2.45) is 0 Å². The Morgan fingerprint density at radius 1 is 0.868 bits per heavy atom. The maximum atomic E-state index is 13.5. The minimum atomic E-state index is -0.860. The molecule has 8 heteroatoms. The Labute approximate surface area is 223 Å². The van der Waals surface area contributed by atoms with Gasteiger partial charge in [0.15, 0.2) is 18.2 Å². The highest BCUT2D eigenvalue weighted by Gasteiger charge is 2.22. The van der Waals surface area contributed by atoms with Crippen LogP contribution in [0.1, 0.15) is 26.5 Å². The van der Waals surface area contributed by atoms with Crippen molar-refractivity contribution < 1.29 is 18.7 Å². The summed E-state index contributed by atoms with van der Waals surface area (Å²) in [4.78, 5) is 29.9. The Kier molecular flexibility index (Phi) is 7.11. The first-order valence-corrected chi connectivity index (χ1v) is 12.1. The van der Waals surface area contributed by atoms with E-state index in [4.69, 9.17) is 16.3 Å². The summed E-state index contributed by atoms with van der Waals surface area (Å²) in [5.74, 6) is -1.57. The molecule has 6 nitrogen and oxygen atoms in total. The van der Waals surface area contributed by atoms with Gasteiger partial charge in [-0.05, 0) is 60.0 Å². The number of nitrogens with zero attached hydrogens (tertiary/aromatic N) is 3. The highest BCUT2D eigenvalue weighted by Crippen LogP contribution is 2.26. The van der Waals surface area contributed by atoms with Gasteiger partial charge in [0.2, 0.25) is 0 Å². The zero-order chi connectivity index (χ0) is 26.6. The van der Waals surface area contributed by atoms with Crippen LogP contribution in [0, 0.1) is 12.7 Å². The van der Waals surface area contributed by atoms with E-state index in [2.05, 4.69) is 10.1 Å². The quantitative estimate of drug-likeness (QED) is 0.174. The molecule has 38 heavy (non-hydrogen) atoms. The fourth-order valence-corrected chi connectivity index (χ4v) is 4.09. The summed E-state index contributed by atoms with van der Waals surface area (Å²) < 4.78 is 20.2. The maximum absolute atomic E-state index is 13.5. The molecule has 0 bridgehead atoms. The molecule has 0 N–H and O–H groups in total. The molecule has 0 aliphatic rings. The molecule has 0 fully saturated rings.